The van der Waals surface area contributed by atoms with Crippen LogP contribution in [0.1, 0.15) is 12.8 Å². The molecule has 0 aliphatic heterocycles. The van der Waals surface area contributed by atoms with E-state index in [0.29, 0.717) is 0 Å². The summed E-state index contributed by atoms with van der Waals surface area (Å²) in [6.45, 7) is -0.297. The molecule has 0 rings (SSSR count). The first kappa shape index (κ1) is 8.39. The van der Waals surface area contributed by atoms with E-state index in [4.69, 9.17) is 10.8 Å². The van der Waals surface area contributed by atoms with Crippen molar-refractivity contribution in [2.75, 3.05) is 6.61 Å². The third-order valence-electron chi connectivity index (χ3n) is 0.925. The van der Waals surface area contributed by atoms with Gasteiger partial charge >= 0.3 is 5.97 Å². The molecule has 4 heteroatoms. The average Bonchev–Trinajstić information content (AvgIpc) is 1.63. The molecule has 53 valence electrons. The van der Waals surface area contributed by atoms with Crippen molar-refractivity contribution < 1.29 is 15.0 Å². The first-order valence-electron chi connectivity index (χ1n) is 2.72. The van der Waals surface area contributed by atoms with Crippen LogP contribution in [0.2, 0.25) is 0 Å². The first-order chi connectivity index (χ1) is 4.16. The lowest BCUT2D eigenvalue weighted by molar-refractivity contribution is -0.137. The van der Waals surface area contributed by atoms with Crippen molar-refractivity contribution in [1.82, 2.24) is 0 Å². The van der Waals surface area contributed by atoms with Crippen LogP contribution in [0, 0.1) is 0 Å². The molecular weight excluding hydrogens is 122 g/mol. The maximum Gasteiger partial charge on any atom is 0.304 e. The summed E-state index contributed by atoms with van der Waals surface area (Å²) < 4.78 is 0. The van der Waals surface area contributed by atoms with Gasteiger partial charge in [-0.2, -0.15) is 0 Å². The van der Waals surface area contributed by atoms with Gasteiger partial charge in [0.2, 0.25) is 0 Å². The average molecular weight is 132 g/mol. The first-order valence-corrected chi connectivity index (χ1v) is 2.72. The van der Waals surface area contributed by atoms with Crippen molar-refractivity contribution in [1.29, 1.82) is 0 Å². The predicted octanol–water partition coefficient (Wildman–Crippen LogP) is -0.391. The summed E-state index contributed by atoms with van der Waals surface area (Å²) in [4.78, 5) is 9.90. The fourth-order valence-corrected chi connectivity index (χ4v) is 0.478. The Morgan fingerprint density at radius 1 is 1.67 bits per heavy atom. The standard InChI is InChI=1S/C5H10NO3/c6-4(1-2-7)3-5(8)9/h4H,1-3,6H2,(H,8,9). The molecule has 1 radical (unpaired) electrons. The fraction of sp³-hybridized carbons (Fsp3) is 0.800. The largest absolute Gasteiger partial charge is 0.481 e. The molecule has 0 aliphatic rings. The van der Waals surface area contributed by atoms with Gasteiger partial charge in [-0.1, -0.05) is 0 Å². The maximum atomic E-state index is 9.90. The Bertz CT molecular complexity index is 94.2. The Balaban J connectivity index is 3.26. The molecule has 0 saturated carbocycles. The number of rotatable bonds is 4. The molecule has 0 spiro atoms. The molecule has 0 aliphatic carbocycles. The number of carbonyl (C=O) groups is 1. The Morgan fingerprint density at radius 3 is 2.56 bits per heavy atom. The van der Waals surface area contributed by atoms with Crippen molar-refractivity contribution in [2.24, 2.45) is 5.73 Å². The van der Waals surface area contributed by atoms with Crippen molar-refractivity contribution in [3.05, 3.63) is 0 Å². The minimum absolute atomic E-state index is 0.109. The molecule has 4 nitrogen and oxygen atoms in total. The molecule has 0 fully saturated rings. The Hall–Kier alpha value is -0.610. The Kier molecular flexibility index (Phi) is 4.00. The number of aliphatic carboxylic acids is 1. The zero-order valence-electron chi connectivity index (χ0n) is 5.04. The predicted molar refractivity (Wildman–Crippen MR) is 30.4 cm³/mol. The highest BCUT2D eigenvalue weighted by molar-refractivity contribution is 5.67. The highest BCUT2D eigenvalue weighted by atomic mass is 16.4. The lowest BCUT2D eigenvalue weighted by Crippen LogP contribution is -2.24. The van der Waals surface area contributed by atoms with Gasteiger partial charge in [-0.15, -0.1) is 0 Å². The number of carboxylic acids is 1. The molecule has 0 aromatic rings. The number of nitrogens with two attached hydrogens (primary N) is 1. The van der Waals surface area contributed by atoms with Gasteiger partial charge in [-0.3, -0.25) is 4.79 Å². The van der Waals surface area contributed by atoms with E-state index < -0.39 is 12.0 Å². The van der Waals surface area contributed by atoms with Crippen molar-refractivity contribution >= 4 is 5.97 Å². The Labute approximate surface area is 53.3 Å². The summed E-state index contributed by atoms with van der Waals surface area (Å²) in [6.07, 6.45) is 0.133. The normalized spacial score (nSPS) is 13.1. The molecule has 0 aromatic heterocycles. The third-order valence-corrected chi connectivity index (χ3v) is 0.925. The molecule has 9 heavy (non-hydrogen) atoms. The van der Waals surface area contributed by atoms with Crippen LogP contribution in [0.3, 0.4) is 0 Å². The Morgan fingerprint density at radius 2 is 2.22 bits per heavy atom. The van der Waals surface area contributed by atoms with E-state index in [1.807, 2.05) is 0 Å². The zero-order valence-corrected chi connectivity index (χ0v) is 5.04. The zero-order chi connectivity index (χ0) is 7.28. The topological polar surface area (TPSA) is 83.2 Å². The van der Waals surface area contributed by atoms with Crippen molar-refractivity contribution in [2.45, 2.75) is 18.9 Å². The van der Waals surface area contributed by atoms with E-state index in [9.17, 15) is 9.90 Å². The highest BCUT2D eigenvalue weighted by Gasteiger charge is 2.05. The second kappa shape index (κ2) is 4.29. The third kappa shape index (κ3) is 5.26. The fourth-order valence-electron chi connectivity index (χ4n) is 0.478. The van der Waals surface area contributed by atoms with Crippen LogP contribution in [0.4, 0.5) is 0 Å². The number of hydrogen-bond donors (Lipinski definition) is 2. The van der Waals surface area contributed by atoms with Crippen LogP contribution in [0.25, 0.3) is 0 Å². The molecule has 1 unspecified atom stereocenters. The second-order valence-electron chi connectivity index (χ2n) is 1.85. The van der Waals surface area contributed by atoms with E-state index in [-0.39, 0.29) is 19.4 Å². The van der Waals surface area contributed by atoms with E-state index in [0.717, 1.165) is 0 Å². The molecular formula is C5H10NO3. The molecule has 0 aromatic carbocycles. The van der Waals surface area contributed by atoms with E-state index in [1.165, 1.54) is 0 Å². The van der Waals surface area contributed by atoms with Gasteiger partial charge in [-0.05, 0) is 6.42 Å². The van der Waals surface area contributed by atoms with Gasteiger partial charge < -0.3 is 10.8 Å². The van der Waals surface area contributed by atoms with Gasteiger partial charge in [0.25, 0.3) is 0 Å². The molecule has 0 amide bonds. The molecule has 0 saturated heterocycles. The van der Waals surface area contributed by atoms with Crippen LogP contribution in [0.5, 0.6) is 0 Å². The van der Waals surface area contributed by atoms with Gasteiger partial charge in [0.05, 0.1) is 13.0 Å². The number of hydrogen-bond acceptors (Lipinski definition) is 2. The van der Waals surface area contributed by atoms with Crippen molar-refractivity contribution in [3.8, 4) is 0 Å². The summed E-state index contributed by atoms with van der Waals surface area (Å²) in [5.41, 5.74) is 5.20. The molecule has 0 heterocycles. The van der Waals surface area contributed by atoms with Crippen molar-refractivity contribution in [3.63, 3.8) is 0 Å². The monoisotopic (exact) mass is 132 g/mol. The minimum atomic E-state index is -0.948. The van der Waals surface area contributed by atoms with Gasteiger partial charge in [0.15, 0.2) is 0 Å². The van der Waals surface area contributed by atoms with Gasteiger partial charge in [0.1, 0.15) is 0 Å². The van der Waals surface area contributed by atoms with E-state index in [1.54, 1.807) is 0 Å². The summed E-state index contributed by atoms with van der Waals surface area (Å²) >= 11 is 0. The quantitative estimate of drug-likeness (QED) is 0.546. The lowest BCUT2D eigenvalue weighted by atomic mass is 10.2. The molecule has 1 atom stereocenters. The second-order valence-corrected chi connectivity index (χ2v) is 1.85. The molecule has 3 N–H and O–H groups in total. The minimum Gasteiger partial charge on any atom is -0.481 e. The van der Waals surface area contributed by atoms with Crippen LogP contribution in [-0.2, 0) is 9.90 Å². The maximum absolute atomic E-state index is 9.90. The van der Waals surface area contributed by atoms with E-state index >= 15 is 0 Å². The van der Waals surface area contributed by atoms with Gasteiger partial charge in [0, 0.05) is 6.04 Å². The summed E-state index contributed by atoms with van der Waals surface area (Å²) in [5.74, 6) is -0.948. The summed E-state index contributed by atoms with van der Waals surface area (Å²) in [7, 11) is 0. The SMILES string of the molecule is NC(CC[O])CC(=O)O. The smallest absolute Gasteiger partial charge is 0.304 e. The van der Waals surface area contributed by atoms with Crippen LogP contribution < -0.4 is 5.73 Å². The van der Waals surface area contributed by atoms with Crippen LogP contribution in [0.15, 0.2) is 0 Å². The lowest BCUT2D eigenvalue weighted by Gasteiger charge is -2.03. The van der Waals surface area contributed by atoms with E-state index in [2.05, 4.69) is 0 Å². The molecule has 0 bridgehead atoms. The number of carboxylic acid groups (broad SMARTS) is 1. The summed E-state index contributed by atoms with van der Waals surface area (Å²) in [6, 6.07) is -0.472. The highest BCUT2D eigenvalue weighted by Crippen LogP contribution is 1.92. The van der Waals surface area contributed by atoms with Crippen LogP contribution in [-0.4, -0.2) is 23.7 Å². The summed E-state index contributed by atoms with van der Waals surface area (Å²) in [5, 5.41) is 18.0. The van der Waals surface area contributed by atoms with Gasteiger partial charge in [-0.25, -0.2) is 5.11 Å². The van der Waals surface area contributed by atoms with Crippen LogP contribution >= 0.6 is 0 Å².